The highest BCUT2D eigenvalue weighted by atomic mass is 35.5. The summed E-state index contributed by atoms with van der Waals surface area (Å²) in [5.41, 5.74) is 0.682. The predicted molar refractivity (Wildman–Crippen MR) is 128 cm³/mol. The fraction of sp³-hybridized carbons (Fsp3) is 0.478. The highest BCUT2D eigenvalue weighted by molar-refractivity contribution is 7.13. The fourth-order valence-electron chi connectivity index (χ4n) is 4.01. The number of benzene rings is 1. The molecule has 1 saturated carbocycles. The predicted octanol–water partition coefficient (Wildman–Crippen LogP) is 3.79. The number of nitrogens with zero attached hydrogens (tertiary/aromatic N) is 2. The van der Waals surface area contributed by atoms with Gasteiger partial charge < -0.3 is 20.3 Å². The zero-order valence-electron chi connectivity index (χ0n) is 18.6. The Balaban J connectivity index is 1.80. The molecule has 1 aliphatic rings. The first-order valence-electron chi connectivity index (χ1n) is 11.0. The second-order valence-corrected chi connectivity index (χ2v) is 9.19. The summed E-state index contributed by atoms with van der Waals surface area (Å²) in [6.07, 6.45) is 5.27. The molecule has 1 aromatic carbocycles. The van der Waals surface area contributed by atoms with Gasteiger partial charge in [-0.2, -0.15) is 0 Å². The molecule has 10 heteroatoms. The average Bonchev–Trinajstić information content (AvgIpc) is 3.51. The normalized spacial score (nSPS) is 14.6. The molecular weight excluding hydrogens is 464 g/mol. The lowest BCUT2D eigenvalue weighted by atomic mass is 10.00. The van der Waals surface area contributed by atoms with E-state index < -0.39 is 6.04 Å². The molecule has 2 N–H and O–H groups in total. The third kappa shape index (κ3) is 7.25. The van der Waals surface area contributed by atoms with Crippen LogP contribution in [0.25, 0.3) is 0 Å². The third-order valence-electron chi connectivity index (χ3n) is 5.57. The molecule has 0 saturated heterocycles. The van der Waals surface area contributed by atoms with Crippen LogP contribution in [0.15, 0.2) is 35.8 Å². The number of carbonyl (C=O) groups excluding carboxylic acids is 3. The zero-order chi connectivity index (χ0) is 23.6. The minimum atomic E-state index is -0.809. The van der Waals surface area contributed by atoms with Gasteiger partial charge in [-0.25, -0.2) is 4.98 Å². The molecule has 3 amide bonds. The molecule has 0 aliphatic heterocycles. The van der Waals surface area contributed by atoms with Gasteiger partial charge in [0.05, 0.1) is 6.61 Å². The van der Waals surface area contributed by atoms with Crippen molar-refractivity contribution in [2.45, 2.75) is 50.6 Å². The SMILES string of the molecule is COCCNC(=O)C(c1ccc(Cl)cc1)N(C(=O)CCC(=O)Nc1nccs1)C1CCCC1. The van der Waals surface area contributed by atoms with Crippen LogP contribution < -0.4 is 10.6 Å². The highest BCUT2D eigenvalue weighted by Gasteiger charge is 2.37. The maximum Gasteiger partial charge on any atom is 0.247 e. The molecule has 0 spiro atoms. The summed E-state index contributed by atoms with van der Waals surface area (Å²) in [4.78, 5) is 44.8. The van der Waals surface area contributed by atoms with Gasteiger partial charge in [-0.1, -0.05) is 36.6 Å². The Kier molecular flexibility index (Phi) is 9.65. The molecule has 0 bridgehead atoms. The first-order valence-corrected chi connectivity index (χ1v) is 12.3. The highest BCUT2D eigenvalue weighted by Crippen LogP contribution is 2.33. The molecule has 33 heavy (non-hydrogen) atoms. The molecule has 0 radical (unpaired) electrons. The summed E-state index contributed by atoms with van der Waals surface area (Å²) in [6.45, 7) is 0.704. The first-order chi connectivity index (χ1) is 16.0. The van der Waals surface area contributed by atoms with E-state index in [0.717, 1.165) is 25.7 Å². The molecule has 1 fully saturated rings. The summed E-state index contributed by atoms with van der Waals surface area (Å²) in [5.74, 6) is -0.780. The second kappa shape index (κ2) is 12.7. The lowest BCUT2D eigenvalue weighted by Crippen LogP contribution is -2.48. The number of thiazole rings is 1. The molecular formula is C23H29ClN4O4S. The van der Waals surface area contributed by atoms with E-state index in [-0.39, 0.29) is 36.6 Å². The van der Waals surface area contributed by atoms with E-state index in [1.807, 2.05) is 0 Å². The van der Waals surface area contributed by atoms with Gasteiger partial charge in [-0.15, -0.1) is 11.3 Å². The summed E-state index contributed by atoms with van der Waals surface area (Å²) in [6, 6.07) is 6.10. The number of amides is 3. The second-order valence-electron chi connectivity index (χ2n) is 7.86. The minimum absolute atomic E-state index is 0.00312. The Hall–Kier alpha value is -2.49. The van der Waals surface area contributed by atoms with Gasteiger partial charge in [-0.05, 0) is 30.5 Å². The zero-order valence-corrected chi connectivity index (χ0v) is 20.2. The van der Waals surface area contributed by atoms with Crippen molar-refractivity contribution in [2.75, 3.05) is 25.6 Å². The van der Waals surface area contributed by atoms with Gasteiger partial charge in [0.25, 0.3) is 0 Å². The quantitative estimate of drug-likeness (QED) is 0.465. The molecule has 1 aliphatic carbocycles. The largest absolute Gasteiger partial charge is 0.383 e. The van der Waals surface area contributed by atoms with Crippen LogP contribution in [0.2, 0.25) is 5.02 Å². The standard InChI is InChI=1S/C23H29ClN4O4S/c1-32-14-12-25-22(31)21(16-6-8-17(24)9-7-16)28(18-4-2-3-5-18)20(30)11-10-19(29)27-23-26-13-15-33-23/h6-9,13,15,18,21H,2-5,10-12,14H2,1H3,(H,25,31)(H,26,27,29). The number of halogens is 1. The number of aromatic nitrogens is 1. The van der Waals surface area contributed by atoms with E-state index in [4.69, 9.17) is 16.3 Å². The van der Waals surface area contributed by atoms with Crippen LogP contribution in [0.5, 0.6) is 0 Å². The molecule has 2 aromatic rings. The van der Waals surface area contributed by atoms with Crippen LogP contribution in [0, 0.1) is 0 Å². The van der Waals surface area contributed by atoms with Crippen molar-refractivity contribution in [3.8, 4) is 0 Å². The van der Waals surface area contributed by atoms with E-state index in [9.17, 15) is 14.4 Å². The number of hydrogen-bond acceptors (Lipinski definition) is 6. The van der Waals surface area contributed by atoms with Gasteiger partial charge >= 0.3 is 0 Å². The van der Waals surface area contributed by atoms with E-state index >= 15 is 0 Å². The van der Waals surface area contributed by atoms with E-state index in [1.54, 1.807) is 47.9 Å². The summed E-state index contributed by atoms with van der Waals surface area (Å²) in [5, 5.41) is 8.39. The van der Waals surface area contributed by atoms with Crippen molar-refractivity contribution in [3.63, 3.8) is 0 Å². The summed E-state index contributed by atoms with van der Waals surface area (Å²) >= 11 is 7.38. The van der Waals surface area contributed by atoms with Crippen molar-refractivity contribution in [1.29, 1.82) is 0 Å². The Labute approximate surface area is 202 Å². The monoisotopic (exact) mass is 492 g/mol. The van der Waals surface area contributed by atoms with Gasteiger partial charge in [-0.3, -0.25) is 14.4 Å². The number of anilines is 1. The van der Waals surface area contributed by atoms with Crippen molar-refractivity contribution in [3.05, 3.63) is 46.4 Å². The Morgan fingerprint density at radius 3 is 2.58 bits per heavy atom. The number of hydrogen-bond donors (Lipinski definition) is 2. The molecule has 8 nitrogen and oxygen atoms in total. The Bertz CT molecular complexity index is 917. The lowest BCUT2D eigenvalue weighted by molar-refractivity contribution is -0.144. The summed E-state index contributed by atoms with van der Waals surface area (Å²) in [7, 11) is 1.56. The third-order valence-corrected chi connectivity index (χ3v) is 6.51. The molecule has 178 valence electrons. The van der Waals surface area contributed by atoms with Crippen LogP contribution in [0.1, 0.15) is 50.1 Å². The molecule has 1 unspecified atom stereocenters. The van der Waals surface area contributed by atoms with Gasteiger partial charge in [0, 0.05) is 49.1 Å². The van der Waals surface area contributed by atoms with Gasteiger partial charge in [0.1, 0.15) is 6.04 Å². The molecule has 1 aromatic heterocycles. The van der Waals surface area contributed by atoms with Crippen molar-refractivity contribution < 1.29 is 19.1 Å². The maximum atomic E-state index is 13.5. The fourth-order valence-corrected chi connectivity index (χ4v) is 4.68. The number of rotatable bonds is 11. The van der Waals surface area contributed by atoms with Crippen LogP contribution >= 0.6 is 22.9 Å². The molecule has 1 heterocycles. The molecule has 1 atom stereocenters. The number of nitrogens with one attached hydrogen (secondary N) is 2. The van der Waals surface area contributed by atoms with Crippen molar-refractivity contribution >= 4 is 45.8 Å². The van der Waals surface area contributed by atoms with Crippen molar-refractivity contribution in [1.82, 2.24) is 15.2 Å². The smallest absolute Gasteiger partial charge is 0.247 e. The van der Waals surface area contributed by atoms with Gasteiger partial charge in [0.15, 0.2) is 5.13 Å². The van der Waals surface area contributed by atoms with Gasteiger partial charge in [0.2, 0.25) is 17.7 Å². The number of methoxy groups -OCH3 is 1. The Morgan fingerprint density at radius 2 is 1.94 bits per heavy atom. The van der Waals surface area contributed by atoms with Crippen molar-refractivity contribution in [2.24, 2.45) is 0 Å². The summed E-state index contributed by atoms with van der Waals surface area (Å²) < 4.78 is 5.05. The van der Waals surface area contributed by atoms with Crippen LogP contribution in [-0.2, 0) is 19.1 Å². The van der Waals surface area contributed by atoms with E-state index in [1.165, 1.54) is 11.3 Å². The van der Waals surface area contributed by atoms with E-state index in [0.29, 0.717) is 28.9 Å². The maximum absolute atomic E-state index is 13.5. The molecule has 3 rings (SSSR count). The topological polar surface area (TPSA) is 101 Å². The van der Waals surface area contributed by atoms with E-state index in [2.05, 4.69) is 15.6 Å². The van der Waals surface area contributed by atoms with Crippen LogP contribution in [0.4, 0.5) is 5.13 Å². The van der Waals surface area contributed by atoms with Crippen LogP contribution in [0.3, 0.4) is 0 Å². The lowest BCUT2D eigenvalue weighted by Gasteiger charge is -2.36. The minimum Gasteiger partial charge on any atom is -0.383 e. The average molecular weight is 493 g/mol. The number of carbonyl (C=O) groups is 3. The van der Waals surface area contributed by atoms with Crippen LogP contribution in [-0.4, -0.2) is 53.9 Å². The first kappa shape index (κ1) is 25.1. The Morgan fingerprint density at radius 1 is 1.21 bits per heavy atom. The number of ether oxygens (including phenoxy) is 1.